The summed E-state index contributed by atoms with van der Waals surface area (Å²) in [7, 11) is 0. The second-order valence-electron chi connectivity index (χ2n) is 4.76. The van der Waals surface area contributed by atoms with E-state index in [-0.39, 0.29) is 20.2 Å². The van der Waals surface area contributed by atoms with Crippen LogP contribution in [0.15, 0.2) is 85.8 Å². The fourth-order valence-corrected chi connectivity index (χ4v) is 3.25. The van der Waals surface area contributed by atoms with Crippen molar-refractivity contribution in [3.8, 4) is 0 Å². The van der Waals surface area contributed by atoms with E-state index in [1.807, 2.05) is 60.7 Å². The second kappa shape index (κ2) is 9.73. The summed E-state index contributed by atoms with van der Waals surface area (Å²) in [5, 5.41) is 14.6. The SMILES string of the molecule is O=[N+]([O-])/C(C(Cl)=C(Cl)Cl)=C(\NCc1ccccc1)Sc1ccccc1. The molecule has 0 unspecified atom stereocenters. The Morgan fingerprint density at radius 1 is 1.00 bits per heavy atom. The molecule has 0 aromatic heterocycles. The average Bonchev–Trinajstić information content (AvgIpc) is 2.61. The molecule has 2 aromatic carbocycles. The Hall–Kier alpha value is -1.66. The van der Waals surface area contributed by atoms with Crippen LogP contribution in [0.1, 0.15) is 5.56 Å². The minimum atomic E-state index is -0.601. The molecule has 2 aromatic rings. The highest BCUT2D eigenvalue weighted by molar-refractivity contribution is 8.03. The van der Waals surface area contributed by atoms with Crippen molar-refractivity contribution in [1.82, 2.24) is 5.32 Å². The van der Waals surface area contributed by atoms with Crippen molar-refractivity contribution in [3.63, 3.8) is 0 Å². The fourth-order valence-electron chi connectivity index (χ4n) is 1.90. The van der Waals surface area contributed by atoms with Crippen LogP contribution in [-0.2, 0) is 6.54 Å². The Morgan fingerprint density at radius 3 is 2.08 bits per heavy atom. The maximum Gasteiger partial charge on any atom is 0.320 e. The molecular weight excluding hydrogens is 403 g/mol. The van der Waals surface area contributed by atoms with Crippen molar-refractivity contribution in [1.29, 1.82) is 0 Å². The molecule has 0 fully saturated rings. The van der Waals surface area contributed by atoms with Crippen LogP contribution in [0.5, 0.6) is 0 Å². The van der Waals surface area contributed by atoms with E-state index in [9.17, 15) is 10.1 Å². The Balaban J connectivity index is 2.40. The van der Waals surface area contributed by atoms with E-state index in [1.165, 1.54) is 11.8 Å². The molecule has 0 radical (unpaired) electrons. The molecule has 0 spiro atoms. The number of nitro groups is 1. The van der Waals surface area contributed by atoms with E-state index >= 15 is 0 Å². The van der Waals surface area contributed by atoms with Gasteiger partial charge in [0, 0.05) is 11.4 Å². The predicted molar refractivity (Wildman–Crippen MR) is 104 cm³/mol. The van der Waals surface area contributed by atoms with Crippen molar-refractivity contribution in [2.24, 2.45) is 0 Å². The summed E-state index contributed by atoms with van der Waals surface area (Å²) < 4.78 is -0.360. The number of hydrogen-bond donors (Lipinski definition) is 1. The number of rotatable bonds is 7. The highest BCUT2D eigenvalue weighted by Gasteiger charge is 2.26. The number of allylic oxidation sites excluding steroid dienone is 1. The molecule has 0 saturated carbocycles. The molecule has 0 amide bonds. The Bertz CT molecular complexity index is 792. The van der Waals surface area contributed by atoms with Crippen molar-refractivity contribution < 1.29 is 4.92 Å². The summed E-state index contributed by atoms with van der Waals surface area (Å²) in [5.41, 5.74) is 0.597. The Kier molecular flexibility index (Phi) is 7.65. The lowest BCUT2D eigenvalue weighted by Crippen LogP contribution is -2.16. The van der Waals surface area contributed by atoms with E-state index < -0.39 is 4.92 Å². The zero-order chi connectivity index (χ0) is 18.2. The van der Waals surface area contributed by atoms with Crippen LogP contribution in [0, 0.1) is 10.1 Å². The molecule has 0 aliphatic carbocycles. The Morgan fingerprint density at radius 2 is 1.56 bits per heavy atom. The van der Waals surface area contributed by atoms with Gasteiger partial charge in [-0.2, -0.15) is 0 Å². The van der Waals surface area contributed by atoms with E-state index in [0.29, 0.717) is 6.54 Å². The van der Waals surface area contributed by atoms with Crippen LogP contribution in [0.25, 0.3) is 0 Å². The summed E-state index contributed by atoms with van der Waals surface area (Å²) in [6.07, 6.45) is 0. The zero-order valence-electron chi connectivity index (χ0n) is 12.8. The van der Waals surface area contributed by atoms with Crippen LogP contribution in [0.4, 0.5) is 0 Å². The molecule has 0 aliphatic heterocycles. The van der Waals surface area contributed by atoms with Gasteiger partial charge in [0.2, 0.25) is 0 Å². The standard InChI is InChI=1S/C17H13Cl3N2O2S/c18-14(16(19)20)15(22(23)24)17(25-13-9-5-2-6-10-13)21-11-12-7-3-1-4-8-12/h1-10,21H,11H2/b17-15+. The van der Waals surface area contributed by atoms with Gasteiger partial charge >= 0.3 is 5.70 Å². The highest BCUT2D eigenvalue weighted by atomic mass is 35.5. The van der Waals surface area contributed by atoms with Crippen molar-refractivity contribution in [2.45, 2.75) is 11.4 Å². The lowest BCUT2D eigenvalue weighted by atomic mass is 10.2. The lowest BCUT2D eigenvalue weighted by Gasteiger charge is -2.12. The maximum absolute atomic E-state index is 11.5. The number of halogens is 3. The molecule has 0 atom stereocenters. The van der Waals surface area contributed by atoms with Gasteiger partial charge in [-0.15, -0.1) is 0 Å². The van der Waals surface area contributed by atoms with Crippen LogP contribution in [0.2, 0.25) is 0 Å². The summed E-state index contributed by atoms with van der Waals surface area (Å²) >= 11 is 18.5. The van der Waals surface area contributed by atoms with Gasteiger partial charge in [-0.3, -0.25) is 10.1 Å². The molecule has 130 valence electrons. The predicted octanol–water partition coefficient (Wildman–Crippen LogP) is 5.90. The van der Waals surface area contributed by atoms with Crippen molar-refractivity contribution in [2.75, 3.05) is 0 Å². The van der Waals surface area contributed by atoms with E-state index in [1.54, 1.807) is 0 Å². The van der Waals surface area contributed by atoms with Crippen LogP contribution in [-0.4, -0.2) is 4.92 Å². The number of hydrogen-bond acceptors (Lipinski definition) is 4. The smallest absolute Gasteiger partial charge is 0.320 e. The third-order valence-corrected chi connectivity index (χ3v) is 5.02. The minimum absolute atomic E-state index is 0.254. The molecule has 0 bridgehead atoms. The molecule has 2 rings (SSSR count). The number of nitrogens with zero attached hydrogens (tertiary/aromatic N) is 1. The highest BCUT2D eigenvalue weighted by Crippen LogP contribution is 2.34. The van der Waals surface area contributed by atoms with E-state index in [0.717, 1.165) is 10.5 Å². The average molecular weight is 416 g/mol. The number of nitrogens with one attached hydrogen (secondary N) is 1. The fraction of sp³-hybridized carbons (Fsp3) is 0.0588. The van der Waals surface area contributed by atoms with Gasteiger partial charge in [-0.25, -0.2) is 0 Å². The van der Waals surface area contributed by atoms with Gasteiger partial charge in [0.25, 0.3) is 0 Å². The zero-order valence-corrected chi connectivity index (χ0v) is 15.9. The molecule has 0 aliphatic rings. The topological polar surface area (TPSA) is 55.2 Å². The summed E-state index contributed by atoms with van der Waals surface area (Å²) in [6.45, 7) is 0.386. The van der Waals surface area contributed by atoms with Gasteiger partial charge in [-0.05, 0) is 17.7 Å². The van der Waals surface area contributed by atoms with Gasteiger partial charge in [0.15, 0.2) is 10.1 Å². The van der Waals surface area contributed by atoms with E-state index in [2.05, 4.69) is 5.32 Å². The number of thioether (sulfide) groups is 1. The minimum Gasteiger partial charge on any atom is -0.370 e. The quantitative estimate of drug-likeness (QED) is 0.265. The monoisotopic (exact) mass is 414 g/mol. The lowest BCUT2D eigenvalue weighted by molar-refractivity contribution is -0.420. The first-order valence-electron chi connectivity index (χ1n) is 7.09. The Labute approximate surface area is 164 Å². The molecule has 0 saturated heterocycles. The molecule has 8 heteroatoms. The summed E-state index contributed by atoms with van der Waals surface area (Å²) in [4.78, 5) is 11.8. The van der Waals surface area contributed by atoms with Gasteiger partial charge < -0.3 is 5.32 Å². The van der Waals surface area contributed by atoms with Gasteiger partial charge in [-0.1, -0.05) is 95.1 Å². The van der Waals surface area contributed by atoms with Crippen molar-refractivity contribution in [3.05, 3.63) is 96.6 Å². The van der Waals surface area contributed by atoms with Crippen LogP contribution in [0.3, 0.4) is 0 Å². The molecule has 25 heavy (non-hydrogen) atoms. The van der Waals surface area contributed by atoms with Gasteiger partial charge in [0.05, 0.1) is 4.92 Å². The number of benzene rings is 2. The molecule has 1 N–H and O–H groups in total. The van der Waals surface area contributed by atoms with Crippen molar-refractivity contribution >= 4 is 46.6 Å². The van der Waals surface area contributed by atoms with E-state index in [4.69, 9.17) is 34.8 Å². The third kappa shape index (κ3) is 5.97. The molecule has 4 nitrogen and oxygen atoms in total. The maximum atomic E-state index is 11.5. The first-order chi connectivity index (χ1) is 12.0. The third-order valence-electron chi connectivity index (χ3n) is 3.03. The summed E-state index contributed by atoms with van der Waals surface area (Å²) in [5.74, 6) is 0. The summed E-state index contributed by atoms with van der Waals surface area (Å²) in [6, 6.07) is 18.7. The molecule has 0 heterocycles. The van der Waals surface area contributed by atoms with Crippen LogP contribution < -0.4 is 5.32 Å². The first kappa shape index (κ1) is 19.7. The molecular formula is C17H13Cl3N2O2S. The largest absolute Gasteiger partial charge is 0.370 e. The second-order valence-corrected chi connectivity index (χ2v) is 7.17. The first-order valence-corrected chi connectivity index (χ1v) is 9.04. The van der Waals surface area contributed by atoms with Crippen LogP contribution >= 0.6 is 46.6 Å². The van der Waals surface area contributed by atoms with Gasteiger partial charge in [0.1, 0.15) is 4.49 Å². The normalized spacial score (nSPS) is 11.5.